The smallest absolute Gasteiger partial charge is 0.338 e. The van der Waals surface area contributed by atoms with Gasteiger partial charge in [-0.05, 0) is 35.4 Å². The van der Waals surface area contributed by atoms with Crippen molar-refractivity contribution in [2.45, 2.75) is 12.2 Å². The van der Waals surface area contributed by atoms with Gasteiger partial charge in [0.1, 0.15) is 25.4 Å². The molecule has 0 amide bonds. The molecule has 0 saturated carbocycles. The standard InChI is InChI=1S/C20H18O6/c21-19(25-11-17-9-23-17)15-5-1-13(2-6-15)14-3-7-16(8-4-14)20(22)26-12-18-10-24-18/h1-8,17-18H,9-12H2. The summed E-state index contributed by atoms with van der Waals surface area (Å²) in [4.78, 5) is 23.8. The van der Waals surface area contributed by atoms with Crippen LogP contribution in [0.1, 0.15) is 20.7 Å². The molecule has 2 fully saturated rings. The van der Waals surface area contributed by atoms with Crippen molar-refractivity contribution in [3.63, 3.8) is 0 Å². The van der Waals surface area contributed by atoms with Gasteiger partial charge in [-0.25, -0.2) is 9.59 Å². The number of benzene rings is 2. The molecule has 26 heavy (non-hydrogen) atoms. The molecule has 0 radical (unpaired) electrons. The van der Waals surface area contributed by atoms with Gasteiger partial charge in [0.2, 0.25) is 0 Å². The Hall–Kier alpha value is -2.70. The molecule has 6 nitrogen and oxygen atoms in total. The Kier molecular flexibility index (Phi) is 4.69. The second-order valence-electron chi connectivity index (χ2n) is 6.26. The molecule has 2 aliphatic rings. The molecule has 2 aliphatic heterocycles. The van der Waals surface area contributed by atoms with Crippen LogP contribution in [0.25, 0.3) is 11.1 Å². The van der Waals surface area contributed by atoms with Crippen molar-refractivity contribution in [1.82, 2.24) is 0 Å². The lowest BCUT2D eigenvalue weighted by molar-refractivity contribution is 0.0468. The largest absolute Gasteiger partial charge is 0.459 e. The minimum Gasteiger partial charge on any atom is -0.459 e. The van der Waals surface area contributed by atoms with Gasteiger partial charge in [0.15, 0.2) is 0 Å². The van der Waals surface area contributed by atoms with E-state index in [1.807, 2.05) is 24.3 Å². The third-order valence-corrected chi connectivity index (χ3v) is 4.18. The van der Waals surface area contributed by atoms with Gasteiger partial charge in [0.25, 0.3) is 0 Å². The summed E-state index contributed by atoms with van der Waals surface area (Å²) in [6.07, 6.45) is 0.112. The summed E-state index contributed by atoms with van der Waals surface area (Å²) in [5, 5.41) is 0. The first-order valence-corrected chi connectivity index (χ1v) is 8.47. The molecule has 0 bridgehead atoms. The highest BCUT2D eigenvalue weighted by molar-refractivity contribution is 5.91. The van der Waals surface area contributed by atoms with E-state index in [0.717, 1.165) is 11.1 Å². The van der Waals surface area contributed by atoms with Crippen LogP contribution in [0.2, 0.25) is 0 Å². The summed E-state index contributed by atoms with van der Waals surface area (Å²) in [6.45, 7) is 1.91. The number of epoxide rings is 2. The number of hydrogen-bond acceptors (Lipinski definition) is 6. The molecule has 0 spiro atoms. The predicted octanol–water partition coefficient (Wildman–Crippen LogP) is 2.46. The van der Waals surface area contributed by atoms with Gasteiger partial charge in [-0.2, -0.15) is 0 Å². The van der Waals surface area contributed by atoms with Crippen LogP contribution in [0.3, 0.4) is 0 Å². The molecule has 2 aromatic rings. The van der Waals surface area contributed by atoms with Crippen LogP contribution >= 0.6 is 0 Å². The van der Waals surface area contributed by atoms with E-state index in [0.29, 0.717) is 37.6 Å². The second kappa shape index (κ2) is 7.27. The van der Waals surface area contributed by atoms with Crippen molar-refractivity contribution < 1.29 is 28.5 Å². The van der Waals surface area contributed by atoms with Gasteiger partial charge in [-0.15, -0.1) is 0 Å². The summed E-state index contributed by atoms with van der Waals surface area (Å²) in [6, 6.07) is 14.3. The van der Waals surface area contributed by atoms with E-state index >= 15 is 0 Å². The van der Waals surface area contributed by atoms with Crippen LogP contribution in [-0.2, 0) is 18.9 Å². The number of carbonyl (C=O) groups is 2. The van der Waals surface area contributed by atoms with Gasteiger partial charge >= 0.3 is 11.9 Å². The molecule has 0 aromatic heterocycles. The first kappa shape index (κ1) is 16.8. The number of carbonyl (C=O) groups excluding carboxylic acids is 2. The van der Waals surface area contributed by atoms with E-state index in [4.69, 9.17) is 18.9 Å². The third-order valence-electron chi connectivity index (χ3n) is 4.18. The molecule has 134 valence electrons. The molecule has 4 rings (SSSR count). The average Bonchev–Trinajstić information content (AvgIpc) is 3.59. The fourth-order valence-electron chi connectivity index (χ4n) is 2.43. The second-order valence-corrected chi connectivity index (χ2v) is 6.26. The Morgan fingerprint density at radius 3 is 1.38 bits per heavy atom. The van der Waals surface area contributed by atoms with Crippen molar-refractivity contribution in [3.05, 3.63) is 59.7 Å². The number of rotatable bonds is 7. The summed E-state index contributed by atoms with van der Waals surface area (Å²) < 4.78 is 20.3. The van der Waals surface area contributed by atoms with Crippen LogP contribution < -0.4 is 0 Å². The van der Waals surface area contributed by atoms with E-state index in [1.165, 1.54) is 0 Å². The van der Waals surface area contributed by atoms with Gasteiger partial charge in [-0.3, -0.25) is 0 Å². The lowest BCUT2D eigenvalue weighted by Crippen LogP contribution is -2.10. The molecule has 0 aliphatic carbocycles. The zero-order valence-electron chi connectivity index (χ0n) is 14.1. The maximum Gasteiger partial charge on any atom is 0.338 e. The molecule has 2 unspecified atom stereocenters. The number of ether oxygens (including phenoxy) is 4. The van der Waals surface area contributed by atoms with Crippen molar-refractivity contribution >= 4 is 11.9 Å². The van der Waals surface area contributed by atoms with Crippen LogP contribution in [0.5, 0.6) is 0 Å². The summed E-state index contributed by atoms with van der Waals surface area (Å²) in [7, 11) is 0. The maximum atomic E-state index is 11.9. The monoisotopic (exact) mass is 354 g/mol. The molecule has 6 heteroatoms. The van der Waals surface area contributed by atoms with Gasteiger partial charge < -0.3 is 18.9 Å². The average molecular weight is 354 g/mol. The normalized spacial score (nSPS) is 20.3. The highest BCUT2D eigenvalue weighted by atomic mass is 16.6. The number of esters is 2. The summed E-state index contributed by atoms with van der Waals surface area (Å²) in [5.74, 6) is -0.713. The zero-order valence-corrected chi connectivity index (χ0v) is 14.1. The van der Waals surface area contributed by atoms with E-state index in [-0.39, 0.29) is 24.1 Å². The maximum absolute atomic E-state index is 11.9. The Morgan fingerprint density at radius 2 is 1.08 bits per heavy atom. The molecule has 2 saturated heterocycles. The Balaban J connectivity index is 1.36. The SMILES string of the molecule is O=C(OCC1CO1)c1ccc(-c2ccc(C(=O)OCC3CO3)cc2)cc1. The van der Waals surface area contributed by atoms with Gasteiger partial charge in [0.05, 0.1) is 24.3 Å². The highest BCUT2D eigenvalue weighted by Crippen LogP contribution is 2.21. The Morgan fingerprint density at radius 1 is 0.731 bits per heavy atom. The van der Waals surface area contributed by atoms with Crippen molar-refractivity contribution in [2.75, 3.05) is 26.4 Å². The van der Waals surface area contributed by atoms with Crippen molar-refractivity contribution in [3.8, 4) is 11.1 Å². The molecular formula is C20H18O6. The van der Waals surface area contributed by atoms with Gasteiger partial charge in [-0.1, -0.05) is 24.3 Å². The van der Waals surface area contributed by atoms with E-state index in [9.17, 15) is 9.59 Å². The lowest BCUT2D eigenvalue weighted by atomic mass is 10.0. The predicted molar refractivity (Wildman–Crippen MR) is 91.9 cm³/mol. The first-order chi connectivity index (χ1) is 12.7. The minimum absolute atomic E-state index is 0.0558. The zero-order chi connectivity index (χ0) is 17.9. The summed E-state index contributed by atoms with van der Waals surface area (Å²) in [5.41, 5.74) is 2.88. The topological polar surface area (TPSA) is 77.7 Å². The van der Waals surface area contributed by atoms with Crippen LogP contribution in [-0.4, -0.2) is 50.6 Å². The molecular weight excluding hydrogens is 336 g/mol. The first-order valence-electron chi connectivity index (χ1n) is 8.47. The molecule has 2 atom stereocenters. The fraction of sp³-hybridized carbons (Fsp3) is 0.300. The van der Waals surface area contributed by atoms with Crippen LogP contribution in [0, 0.1) is 0 Å². The Bertz CT molecular complexity index is 719. The van der Waals surface area contributed by atoms with Gasteiger partial charge in [0, 0.05) is 0 Å². The molecule has 2 heterocycles. The Labute approximate surface area is 150 Å². The lowest BCUT2D eigenvalue weighted by Gasteiger charge is -2.06. The fourth-order valence-corrected chi connectivity index (χ4v) is 2.43. The quantitative estimate of drug-likeness (QED) is 0.561. The van der Waals surface area contributed by atoms with E-state index in [2.05, 4.69) is 0 Å². The highest BCUT2D eigenvalue weighted by Gasteiger charge is 2.25. The third kappa shape index (κ3) is 4.28. The van der Waals surface area contributed by atoms with Crippen molar-refractivity contribution in [1.29, 1.82) is 0 Å². The van der Waals surface area contributed by atoms with E-state index < -0.39 is 0 Å². The minimum atomic E-state index is -0.357. The van der Waals surface area contributed by atoms with Crippen molar-refractivity contribution in [2.24, 2.45) is 0 Å². The molecule has 2 aromatic carbocycles. The number of hydrogen-bond donors (Lipinski definition) is 0. The molecule has 0 N–H and O–H groups in total. The van der Waals surface area contributed by atoms with Crippen LogP contribution in [0.15, 0.2) is 48.5 Å². The summed E-state index contributed by atoms with van der Waals surface area (Å²) >= 11 is 0. The van der Waals surface area contributed by atoms with Crippen LogP contribution in [0.4, 0.5) is 0 Å². The van der Waals surface area contributed by atoms with E-state index in [1.54, 1.807) is 24.3 Å².